The number of rotatable bonds is 1. The average Bonchev–Trinajstić information content (AvgIpc) is 2.68. The largest absolute Gasteiger partial charge is 0.339 e. The van der Waals surface area contributed by atoms with Crippen LogP contribution in [0.25, 0.3) is 0 Å². The molecule has 92 valence electrons. The van der Waals surface area contributed by atoms with Crippen molar-refractivity contribution in [2.75, 3.05) is 26.7 Å². The van der Waals surface area contributed by atoms with Crippen LogP contribution >= 0.6 is 0 Å². The molecule has 0 aliphatic carbocycles. The van der Waals surface area contributed by atoms with Gasteiger partial charge in [-0.2, -0.15) is 0 Å². The number of carbonyl (C=O) groups excluding carboxylic acids is 1. The molecule has 0 unspecified atom stereocenters. The molecule has 0 saturated carbocycles. The Morgan fingerprint density at radius 2 is 2.00 bits per heavy atom. The molecule has 0 spiro atoms. The van der Waals surface area contributed by atoms with Crippen molar-refractivity contribution in [2.45, 2.75) is 44.8 Å². The van der Waals surface area contributed by atoms with Gasteiger partial charge in [-0.3, -0.25) is 4.79 Å². The molecule has 2 fully saturated rings. The van der Waals surface area contributed by atoms with E-state index in [9.17, 15) is 4.79 Å². The maximum atomic E-state index is 12.2. The topological polar surface area (TPSA) is 35.6 Å². The van der Waals surface area contributed by atoms with Crippen LogP contribution in [-0.2, 0) is 4.79 Å². The normalized spacial score (nSPS) is 36.7. The molecule has 4 nitrogen and oxygen atoms in total. The van der Waals surface area contributed by atoms with Crippen molar-refractivity contribution >= 4 is 5.91 Å². The summed E-state index contributed by atoms with van der Waals surface area (Å²) < 4.78 is 0. The molecule has 0 aromatic heterocycles. The Balaban J connectivity index is 1.90. The van der Waals surface area contributed by atoms with Crippen LogP contribution in [0.2, 0.25) is 0 Å². The molecular weight excluding hydrogens is 202 g/mol. The monoisotopic (exact) mass is 225 g/mol. The fourth-order valence-electron chi connectivity index (χ4n) is 2.59. The van der Waals surface area contributed by atoms with Crippen LogP contribution in [0.3, 0.4) is 0 Å². The number of piperazine rings is 1. The molecule has 1 amide bonds. The summed E-state index contributed by atoms with van der Waals surface area (Å²) in [6, 6.07) is 1.06. The van der Waals surface area contributed by atoms with E-state index in [4.69, 9.17) is 0 Å². The quantitative estimate of drug-likeness (QED) is 0.697. The molecule has 3 atom stereocenters. The lowest BCUT2D eigenvalue weighted by atomic mass is 10.1. The Labute approximate surface area is 98.0 Å². The number of nitrogens with one attached hydrogen (secondary N) is 1. The van der Waals surface area contributed by atoms with E-state index < -0.39 is 0 Å². The maximum Gasteiger partial charge on any atom is 0.239 e. The van der Waals surface area contributed by atoms with E-state index in [0.29, 0.717) is 18.0 Å². The summed E-state index contributed by atoms with van der Waals surface area (Å²) >= 11 is 0. The van der Waals surface area contributed by atoms with Gasteiger partial charge in [0.25, 0.3) is 0 Å². The first kappa shape index (κ1) is 11.9. The van der Waals surface area contributed by atoms with Crippen molar-refractivity contribution in [1.29, 1.82) is 0 Å². The summed E-state index contributed by atoms with van der Waals surface area (Å²) in [5.74, 6) is 0.310. The highest BCUT2D eigenvalue weighted by Gasteiger charge is 2.32. The zero-order valence-corrected chi connectivity index (χ0v) is 10.6. The van der Waals surface area contributed by atoms with E-state index in [2.05, 4.69) is 31.1 Å². The minimum Gasteiger partial charge on any atom is -0.339 e. The van der Waals surface area contributed by atoms with E-state index in [1.165, 1.54) is 0 Å². The average molecular weight is 225 g/mol. The summed E-state index contributed by atoms with van der Waals surface area (Å²) in [5.41, 5.74) is 0. The van der Waals surface area contributed by atoms with Gasteiger partial charge in [-0.1, -0.05) is 0 Å². The second-order valence-electron chi connectivity index (χ2n) is 5.31. The SMILES string of the molecule is C[C@@H]1CC[C@@H](C(=O)N2CCN(C)[C@@H](C)C2)N1. The highest BCUT2D eigenvalue weighted by Crippen LogP contribution is 2.16. The van der Waals surface area contributed by atoms with Gasteiger partial charge in [0.2, 0.25) is 5.91 Å². The Kier molecular flexibility index (Phi) is 3.50. The summed E-state index contributed by atoms with van der Waals surface area (Å²) in [4.78, 5) is 16.6. The molecule has 4 heteroatoms. The first-order valence-electron chi connectivity index (χ1n) is 6.33. The molecular formula is C12H23N3O. The zero-order chi connectivity index (χ0) is 11.7. The number of likely N-dealkylation sites (N-methyl/N-ethyl adjacent to an activating group) is 1. The van der Waals surface area contributed by atoms with Gasteiger partial charge in [0.1, 0.15) is 0 Å². The lowest BCUT2D eigenvalue weighted by molar-refractivity contribution is -0.135. The van der Waals surface area contributed by atoms with E-state index in [0.717, 1.165) is 32.5 Å². The second kappa shape index (κ2) is 4.72. The molecule has 2 saturated heterocycles. The lowest BCUT2D eigenvalue weighted by Gasteiger charge is -2.38. The lowest BCUT2D eigenvalue weighted by Crippen LogP contribution is -2.55. The number of carbonyl (C=O) groups is 1. The van der Waals surface area contributed by atoms with Crippen LogP contribution in [0.15, 0.2) is 0 Å². The first-order valence-corrected chi connectivity index (χ1v) is 6.33. The molecule has 0 radical (unpaired) electrons. The molecule has 2 rings (SSSR count). The highest BCUT2D eigenvalue weighted by atomic mass is 16.2. The van der Waals surface area contributed by atoms with Crippen LogP contribution in [-0.4, -0.2) is 60.5 Å². The molecule has 1 N–H and O–H groups in total. The van der Waals surface area contributed by atoms with Crippen LogP contribution in [0.4, 0.5) is 0 Å². The van der Waals surface area contributed by atoms with Crippen molar-refractivity contribution < 1.29 is 4.79 Å². The predicted octanol–water partition coefficient (Wildman–Crippen LogP) is 0.289. The van der Waals surface area contributed by atoms with Crippen molar-refractivity contribution in [3.05, 3.63) is 0 Å². The third-order valence-electron chi connectivity index (χ3n) is 3.94. The van der Waals surface area contributed by atoms with Gasteiger partial charge < -0.3 is 15.1 Å². The van der Waals surface area contributed by atoms with E-state index in [1.807, 2.05) is 4.90 Å². The summed E-state index contributed by atoms with van der Waals surface area (Å²) in [5, 5.41) is 3.37. The minimum absolute atomic E-state index is 0.0746. The maximum absolute atomic E-state index is 12.2. The van der Waals surface area contributed by atoms with E-state index in [-0.39, 0.29) is 6.04 Å². The molecule has 16 heavy (non-hydrogen) atoms. The summed E-state index contributed by atoms with van der Waals surface area (Å²) in [6.07, 6.45) is 2.13. The van der Waals surface area contributed by atoms with Crippen LogP contribution < -0.4 is 5.32 Å². The molecule has 2 aliphatic rings. The molecule has 2 heterocycles. The minimum atomic E-state index is 0.0746. The Morgan fingerprint density at radius 1 is 1.25 bits per heavy atom. The fourth-order valence-corrected chi connectivity index (χ4v) is 2.59. The Hall–Kier alpha value is -0.610. The first-order chi connectivity index (χ1) is 7.58. The second-order valence-corrected chi connectivity index (χ2v) is 5.31. The number of hydrogen-bond acceptors (Lipinski definition) is 3. The Bertz CT molecular complexity index is 269. The van der Waals surface area contributed by atoms with Crippen LogP contribution in [0.1, 0.15) is 26.7 Å². The van der Waals surface area contributed by atoms with Crippen molar-refractivity contribution in [3.63, 3.8) is 0 Å². The molecule has 2 aliphatic heterocycles. The summed E-state index contributed by atoms with van der Waals surface area (Å²) in [7, 11) is 2.13. The number of hydrogen-bond donors (Lipinski definition) is 1. The fraction of sp³-hybridized carbons (Fsp3) is 0.917. The van der Waals surface area contributed by atoms with E-state index >= 15 is 0 Å². The number of nitrogens with zero attached hydrogens (tertiary/aromatic N) is 2. The summed E-state index contributed by atoms with van der Waals surface area (Å²) in [6.45, 7) is 7.09. The van der Waals surface area contributed by atoms with Crippen LogP contribution in [0.5, 0.6) is 0 Å². The molecule has 0 aromatic carbocycles. The standard InChI is InChI=1S/C12H23N3O/c1-9-4-5-11(13-9)12(16)15-7-6-14(3)10(2)8-15/h9-11,13H,4-8H2,1-3H3/t9-,10+,11+/m1/s1. The third-order valence-corrected chi connectivity index (χ3v) is 3.94. The van der Waals surface area contributed by atoms with Gasteiger partial charge in [0.15, 0.2) is 0 Å². The molecule has 0 bridgehead atoms. The zero-order valence-electron chi connectivity index (χ0n) is 10.6. The van der Waals surface area contributed by atoms with Crippen LogP contribution in [0, 0.1) is 0 Å². The Morgan fingerprint density at radius 3 is 2.56 bits per heavy atom. The van der Waals surface area contributed by atoms with Crippen molar-refractivity contribution in [1.82, 2.24) is 15.1 Å². The van der Waals surface area contributed by atoms with Gasteiger partial charge >= 0.3 is 0 Å². The van der Waals surface area contributed by atoms with Gasteiger partial charge in [-0.05, 0) is 33.7 Å². The predicted molar refractivity (Wildman–Crippen MR) is 64.3 cm³/mol. The van der Waals surface area contributed by atoms with Gasteiger partial charge in [0.05, 0.1) is 6.04 Å². The third kappa shape index (κ3) is 2.38. The van der Waals surface area contributed by atoms with E-state index in [1.54, 1.807) is 0 Å². The smallest absolute Gasteiger partial charge is 0.239 e. The van der Waals surface area contributed by atoms with Gasteiger partial charge in [0, 0.05) is 31.7 Å². The highest BCUT2D eigenvalue weighted by molar-refractivity contribution is 5.82. The van der Waals surface area contributed by atoms with Gasteiger partial charge in [-0.25, -0.2) is 0 Å². The number of amides is 1. The van der Waals surface area contributed by atoms with Gasteiger partial charge in [-0.15, -0.1) is 0 Å². The van der Waals surface area contributed by atoms with Crippen molar-refractivity contribution in [2.24, 2.45) is 0 Å². The molecule has 0 aromatic rings. The van der Waals surface area contributed by atoms with Crippen molar-refractivity contribution in [3.8, 4) is 0 Å².